The van der Waals surface area contributed by atoms with Crippen LogP contribution < -0.4 is 0 Å². The molecule has 0 bridgehead atoms. The second kappa shape index (κ2) is 13.4. The van der Waals surface area contributed by atoms with Crippen LogP contribution in [-0.2, 0) is 28.1 Å². The molecule has 0 aliphatic heterocycles. The molecule has 2 radical (unpaired) electrons. The van der Waals surface area contributed by atoms with Crippen LogP contribution >= 0.6 is 0 Å². The molecule has 0 amide bonds. The molecule has 0 unspecified atom stereocenters. The Kier molecular flexibility index (Phi) is 12.5. The molecule has 0 fully saturated rings. The van der Waals surface area contributed by atoms with Gasteiger partial charge in [-0.05, 0) is 6.42 Å². The Balaban J connectivity index is 0.000000434. The molecule has 0 aromatic heterocycles. The van der Waals surface area contributed by atoms with E-state index in [0.29, 0.717) is 0 Å². The third-order valence-corrected chi connectivity index (χ3v) is 4.16. The first-order valence-electron chi connectivity index (χ1n) is 8.60. The van der Waals surface area contributed by atoms with Crippen LogP contribution in [0.25, 0.3) is 21.9 Å². The van der Waals surface area contributed by atoms with E-state index in [1.807, 2.05) is 6.07 Å². The summed E-state index contributed by atoms with van der Waals surface area (Å²) in [6, 6.07) is 32.8. The first-order valence-corrected chi connectivity index (χ1v) is 10.6. The van der Waals surface area contributed by atoms with Crippen molar-refractivity contribution in [3.8, 4) is 11.1 Å². The minimum atomic E-state index is 0. The van der Waals surface area contributed by atoms with Gasteiger partial charge in [0.15, 0.2) is 0 Å². The van der Waals surface area contributed by atoms with Gasteiger partial charge in [-0.25, -0.2) is 0 Å². The van der Waals surface area contributed by atoms with E-state index < -0.39 is 0 Å². The molecule has 0 saturated heterocycles. The van der Waals surface area contributed by atoms with Gasteiger partial charge in [0.25, 0.3) is 0 Å². The monoisotopic (exact) mass is 416 g/mol. The topological polar surface area (TPSA) is 0 Å². The summed E-state index contributed by atoms with van der Waals surface area (Å²) in [5.74, 6) is 0. The van der Waals surface area contributed by atoms with E-state index in [9.17, 15) is 0 Å². The molecular weight excluding hydrogens is 388 g/mol. The molecule has 0 spiro atoms. The average molecular weight is 416 g/mol. The van der Waals surface area contributed by atoms with Crippen molar-refractivity contribution in [2.45, 2.75) is 19.5 Å². The molecule has 1 aliphatic rings. The van der Waals surface area contributed by atoms with Gasteiger partial charge in [0.1, 0.15) is 0 Å². The third-order valence-electron chi connectivity index (χ3n) is 4.16. The van der Waals surface area contributed by atoms with Crippen molar-refractivity contribution < 1.29 is 21.7 Å². The summed E-state index contributed by atoms with van der Waals surface area (Å²) in [6.45, 7) is 4.31. The molecule has 0 saturated carbocycles. The predicted molar refractivity (Wildman–Crippen MR) is 123 cm³/mol. The van der Waals surface area contributed by atoms with Crippen molar-refractivity contribution in [1.29, 1.82) is 0 Å². The molecule has 0 atom stereocenters. The van der Waals surface area contributed by atoms with E-state index in [4.69, 9.17) is 0 Å². The summed E-state index contributed by atoms with van der Waals surface area (Å²) < 4.78 is 0. The van der Waals surface area contributed by atoms with Crippen LogP contribution in [0.5, 0.6) is 0 Å². The number of rotatable bonds is 0. The first-order chi connectivity index (χ1) is 12.3. The molecule has 4 aromatic rings. The second-order valence-corrected chi connectivity index (χ2v) is 7.05. The molecular formula is C26H28SiTi. The summed E-state index contributed by atoms with van der Waals surface area (Å²) in [7, 11) is 1.08. The van der Waals surface area contributed by atoms with Crippen LogP contribution in [0.4, 0.5) is 0 Å². The fourth-order valence-electron chi connectivity index (χ4n) is 3.07. The van der Waals surface area contributed by atoms with Crippen LogP contribution in [0.2, 0.25) is 13.1 Å². The van der Waals surface area contributed by atoms with E-state index >= 15 is 0 Å². The van der Waals surface area contributed by atoms with Crippen molar-refractivity contribution >= 4 is 20.3 Å². The molecule has 0 heterocycles. The van der Waals surface area contributed by atoms with Crippen LogP contribution in [0.3, 0.4) is 0 Å². The van der Waals surface area contributed by atoms with Gasteiger partial charge in [-0.15, -0.1) is 35.2 Å². The minimum Gasteiger partial charge on any atom is -0.358 e. The normalized spacial score (nSPS) is 9.64. The van der Waals surface area contributed by atoms with Crippen LogP contribution in [-0.4, -0.2) is 9.52 Å². The average Bonchev–Trinajstić information content (AvgIpc) is 3.27. The zero-order valence-corrected chi connectivity index (χ0v) is 19.9. The van der Waals surface area contributed by atoms with Gasteiger partial charge in [-0.1, -0.05) is 54.6 Å². The van der Waals surface area contributed by atoms with Crippen molar-refractivity contribution in [2.75, 3.05) is 0 Å². The summed E-state index contributed by atoms with van der Waals surface area (Å²) >= 11 is 0. The van der Waals surface area contributed by atoms with Gasteiger partial charge in [0.2, 0.25) is 0 Å². The molecule has 0 nitrogen and oxygen atoms in total. The van der Waals surface area contributed by atoms with Gasteiger partial charge in [0.05, 0.1) is 0 Å². The predicted octanol–water partition coefficient (Wildman–Crippen LogP) is 7.30. The maximum absolute atomic E-state index is 3.30. The quantitative estimate of drug-likeness (QED) is 0.183. The Morgan fingerprint density at radius 1 is 0.821 bits per heavy atom. The fourth-order valence-corrected chi connectivity index (χ4v) is 3.07. The minimum absolute atomic E-state index is 0. The van der Waals surface area contributed by atoms with E-state index in [2.05, 4.69) is 98.0 Å². The molecule has 0 N–H and O–H groups in total. The van der Waals surface area contributed by atoms with Gasteiger partial charge >= 0.3 is 21.7 Å². The fraction of sp³-hybridized carbons (Fsp3) is 0.115. The Bertz CT molecular complexity index is 866. The zero-order valence-electron chi connectivity index (χ0n) is 17.3. The van der Waals surface area contributed by atoms with Gasteiger partial charge in [0, 0.05) is 9.52 Å². The number of hydrogen-bond donors (Lipinski definition) is 0. The van der Waals surface area contributed by atoms with E-state index in [0.717, 1.165) is 15.9 Å². The van der Waals surface area contributed by atoms with E-state index in [1.165, 1.54) is 33.0 Å². The van der Waals surface area contributed by atoms with Crippen LogP contribution in [0.1, 0.15) is 11.1 Å². The summed E-state index contributed by atoms with van der Waals surface area (Å²) in [6.07, 6.45) is 1.05. The SMILES string of the molecule is C[Si]C.[CH3-].[CH3-].[Ti+4].[c-]1cccc2c1Cc1ccccc1-2.c1ccc2[cH-]ccc2c1. The third kappa shape index (κ3) is 6.38. The summed E-state index contributed by atoms with van der Waals surface area (Å²) in [4.78, 5) is 0. The molecule has 5 rings (SSSR count). The van der Waals surface area contributed by atoms with E-state index in [-0.39, 0.29) is 36.6 Å². The molecule has 1 aliphatic carbocycles. The maximum Gasteiger partial charge on any atom is 4.00 e. The van der Waals surface area contributed by atoms with Crippen LogP contribution in [0, 0.1) is 20.9 Å². The van der Waals surface area contributed by atoms with Gasteiger partial charge in [-0.3, -0.25) is 0 Å². The van der Waals surface area contributed by atoms with Crippen molar-refractivity contribution in [1.82, 2.24) is 0 Å². The molecule has 28 heavy (non-hydrogen) atoms. The second-order valence-electron chi connectivity index (χ2n) is 6.05. The van der Waals surface area contributed by atoms with Crippen LogP contribution in [0.15, 0.2) is 84.9 Å². The number of benzene rings is 3. The Hall–Kier alpha value is -1.80. The maximum atomic E-state index is 3.30. The standard InChI is InChI=1S/C13H9.C9H7.C2H6Si.2CH3.Ti/c1-3-7-12-10(5-1)9-11-6-2-4-8-13(11)12;1-2-5-9-7-3-6-8(9)4-1;1-3-2;;;/h1-5,7-8H,9H2;1-7H;1-2H3;2*1H3;/q2*-1;;2*-1;+4. The van der Waals surface area contributed by atoms with Gasteiger partial charge in [-0.2, -0.15) is 47.3 Å². The first kappa shape index (κ1) is 26.2. The molecule has 140 valence electrons. The molecule has 4 aromatic carbocycles. The van der Waals surface area contributed by atoms with Crippen molar-refractivity contribution in [3.63, 3.8) is 0 Å². The Labute approximate surface area is 189 Å². The van der Waals surface area contributed by atoms with Gasteiger partial charge < -0.3 is 14.9 Å². The van der Waals surface area contributed by atoms with Crippen molar-refractivity contribution in [3.05, 3.63) is 117 Å². The largest absolute Gasteiger partial charge is 4.00 e. The van der Waals surface area contributed by atoms with Crippen molar-refractivity contribution in [2.24, 2.45) is 0 Å². The number of hydrogen-bond acceptors (Lipinski definition) is 0. The zero-order chi connectivity index (χ0) is 17.5. The summed E-state index contributed by atoms with van der Waals surface area (Å²) in [5.41, 5.74) is 5.51. The smallest absolute Gasteiger partial charge is 0.358 e. The Morgan fingerprint density at radius 2 is 1.46 bits per heavy atom. The number of fused-ring (bicyclic) bond motifs is 4. The molecule has 2 heteroatoms. The Morgan fingerprint density at radius 3 is 2.21 bits per heavy atom. The van der Waals surface area contributed by atoms with E-state index in [1.54, 1.807) is 0 Å². The summed E-state index contributed by atoms with van der Waals surface area (Å²) in [5, 5.41) is 2.66.